The Hall–Kier alpha value is -1.74. The Labute approximate surface area is 215 Å². The van der Waals surface area contributed by atoms with Crippen molar-refractivity contribution in [2.24, 2.45) is 5.14 Å². The van der Waals surface area contributed by atoms with Crippen molar-refractivity contribution in [2.75, 3.05) is 26.3 Å². The second-order valence-electron chi connectivity index (χ2n) is 8.43. The molecular weight excluding hydrogens is 531 g/mol. The predicted molar refractivity (Wildman–Crippen MR) is 140 cm³/mol. The number of nitrogens with one attached hydrogen (secondary N) is 1. The van der Waals surface area contributed by atoms with Crippen molar-refractivity contribution in [1.82, 2.24) is 5.32 Å². The Morgan fingerprint density at radius 2 is 1.77 bits per heavy atom. The number of phenols is 1. The molecule has 194 valence electrons. The summed E-state index contributed by atoms with van der Waals surface area (Å²) in [6, 6.07) is 11.7. The Morgan fingerprint density at radius 1 is 1.03 bits per heavy atom. The molecule has 0 aliphatic carbocycles. The molecule has 0 aromatic heterocycles. The van der Waals surface area contributed by atoms with Gasteiger partial charge in [-0.3, -0.25) is 0 Å². The van der Waals surface area contributed by atoms with Crippen LogP contribution in [0.5, 0.6) is 5.75 Å². The maximum atomic E-state index is 11.4. The van der Waals surface area contributed by atoms with Crippen LogP contribution in [0.3, 0.4) is 0 Å². The maximum Gasteiger partial charge on any atom is -0.0389 e. The quantitative estimate of drug-likeness (QED) is 0.122. The molecule has 2 aromatic carbocycles. The molecule has 0 radical (unpaired) electrons. The number of aryl methyl sites for hydroxylation is 1. The van der Waals surface area contributed by atoms with Crippen molar-refractivity contribution in [1.29, 1.82) is 0 Å². The van der Waals surface area contributed by atoms with Crippen LogP contribution in [0.25, 0.3) is 0 Å². The second kappa shape index (κ2) is 16.1. The number of benzene rings is 2. The average Bonchev–Trinajstić information content (AvgIpc) is 2.83. The van der Waals surface area contributed by atoms with E-state index in [1.165, 1.54) is 6.07 Å². The summed E-state index contributed by atoms with van der Waals surface area (Å²) in [5, 5.41) is 29.3. The van der Waals surface area contributed by atoms with Crippen molar-refractivity contribution >= 4 is 35.2 Å². The normalized spacial score (nSPS) is 12.9. The number of nitrogens with two attached hydrogens (primary N) is 1. The molecule has 2 rings (SSSR count). The van der Waals surface area contributed by atoms with Crippen LogP contribution in [-0.2, 0) is 26.0 Å². The van der Waals surface area contributed by atoms with Gasteiger partial charge in [-0.25, -0.2) is 13.6 Å². The molecule has 0 saturated carbocycles. The summed E-state index contributed by atoms with van der Waals surface area (Å²) in [7, 11) is -3.66. The fourth-order valence-corrected chi connectivity index (χ4v) is 5.48. The number of primary sulfonamides is 1. The average molecular weight is 569 g/mol. The number of aliphatic hydroxyl groups excluding tert-OH is 1. The Balaban J connectivity index is 1.45. The van der Waals surface area contributed by atoms with Crippen LogP contribution in [0.4, 0.5) is 0 Å². The van der Waals surface area contributed by atoms with Gasteiger partial charge in [-0.1, -0.05) is 12.1 Å². The second-order valence-corrected chi connectivity index (χ2v) is 12.2. The summed E-state index contributed by atoms with van der Waals surface area (Å²) in [5.74, 6) is 0.123. The van der Waals surface area contributed by atoms with Crippen LogP contribution in [0.1, 0.15) is 55.8 Å². The molecule has 0 aliphatic heterocycles. The van der Waals surface area contributed by atoms with E-state index in [1.807, 2.05) is 6.07 Å². The summed E-state index contributed by atoms with van der Waals surface area (Å²) >= 11 is -1.01. The van der Waals surface area contributed by atoms with Gasteiger partial charge in [0.2, 0.25) is 10.0 Å². The maximum absolute atomic E-state index is 11.4. The number of ether oxygens (including phenoxy) is 1. The number of sulfonamides is 1. The van der Waals surface area contributed by atoms with Crippen LogP contribution >= 0.6 is 0 Å². The van der Waals surface area contributed by atoms with Crippen molar-refractivity contribution in [2.45, 2.75) is 55.9 Å². The van der Waals surface area contributed by atoms with Gasteiger partial charge in [-0.15, -0.1) is 0 Å². The van der Waals surface area contributed by atoms with Crippen molar-refractivity contribution in [3.8, 4) is 5.75 Å². The van der Waals surface area contributed by atoms with E-state index < -0.39 is 31.9 Å². The number of carbonyl (C=O) groups excluding carboxylic acids is 1. The third-order valence-corrected chi connectivity index (χ3v) is 8.23. The van der Waals surface area contributed by atoms with Crippen LogP contribution < -0.4 is 14.8 Å². The van der Waals surface area contributed by atoms with E-state index in [2.05, 4.69) is 5.32 Å². The minimum absolute atomic E-state index is 0.123. The molecule has 0 aliphatic rings. The molecular formula is C25H37AsN2O6S. The van der Waals surface area contributed by atoms with Gasteiger partial charge in [0.15, 0.2) is 0 Å². The molecule has 0 bridgehead atoms. The standard InChI is InChI=1S/C25H37AsN2O6S/c27-35(32,33)22-10-7-9-20(16-22)8-3-6-15-34-14-5-2-1-4-13-28-18-25(31)21-11-12-24(30)23(17-21)26-19-29/h7,9-12,16-17,19,25-26,28,30-31H,1-6,8,13-15,18H2,(H2,27,32,33)/t25-/m1/s1. The number of hydrogen-bond acceptors (Lipinski definition) is 7. The number of phenolic OH excluding ortho intramolecular Hbond substituents is 1. The summed E-state index contributed by atoms with van der Waals surface area (Å²) < 4.78 is 29.2. The third-order valence-electron chi connectivity index (χ3n) is 5.58. The van der Waals surface area contributed by atoms with Crippen molar-refractivity contribution < 1.29 is 28.2 Å². The Bertz CT molecular complexity index is 1020. The molecule has 2 aromatic rings. The number of rotatable bonds is 18. The summed E-state index contributed by atoms with van der Waals surface area (Å²) in [4.78, 5) is 10.9. The topological polar surface area (TPSA) is 139 Å². The van der Waals surface area contributed by atoms with Gasteiger partial charge in [0.05, 0.1) is 4.90 Å². The van der Waals surface area contributed by atoms with Crippen LogP contribution in [-0.4, -0.2) is 65.8 Å². The first kappa shape index (κ1) is 29.5. The van der Waals surface area contributed by atoms with E-state index in [-0.39, 0.29) is 10.6 Å². The zero-order valence-corrected chi connectivity index (χ0v) is 22.9. The molecule has 8 nitrogen and oxygen atoms in total. The molecule has 2 atom stereocenters. The minimum Gasteiger partial charge on any atom is -0.0389 e. The zero-order valence-electron chi connectivity index (χ0n) is 20.0. The largest absolute Gasteiger partial charge is 0.0389 e. The molecule has 5 N–H and O–H groups in total. The molecule has 0 spiro atoms. The van der Waals surface area contributed by atoms with Crippen molar-refractivity contribution in [3.63, 3.8) is 0 Å². The van der Waals surface area contributed by atoms with Crippen molar-refractivity contribution in [3.05, 3.63) is 53.6 Å². The van der Waals surface area contributed by atoms with E-state index in [0.29, 0.717) is 23.1 Å². The van der Waals surface area contributed by atoms with E-state index in [1.54, 1.807) is 30.3 Å². The SMILES string of the molecule is NS(=O)(=O)c1cccc(CCCCOCCCCCCNC[C@@H](O)c2ccc(O)c([AsH]C=O)c2)c1. The molecule has 0 fully saturated rings. The summed E-state index contributed by atoms with van der Waals surface area (Å²) in [6.07, 6.45) is 6.17. The Kier molecular flexibility index (Phi) is 13.6. The molecule has 35 heavy (non-hydrogen) atoms. The first-order chi connectivity index (χ1) is 16.8. The molecule has 0 amide bonds. The molecule has 0 saturated heterocycles. The zero-order chi connectivity index (χ0) is 25.5. The minimum atomic E-state index is -3.66. The molecule has 0 heterocycles. The first-order valence-corrected chi connectivity index (χ1v) is 15.7. The van der Waals surface area contributed by atoms with Gasteiger partial charge in [0.25, 0.3) is 0 Å². The fourth-order valence-electron chi connectivity index (χ4n) is 3.62. The smallest absolute Gasteiger partial charge is 0.0389 e. The van der Waals surface area contributed by atoms with E-state index >= 15 is 0 Å². The Morgan fingerprint density at radius 3 is 2.51 bits per heavy atom. The monoisotopic (exact) mass is 568 g/mol. The van der Waals surface area contributed by atoms with Gasteiger partial charge in [-0.05, 0) is 37.0 Å². The summed E-state index contributed by atoms with van der Waals surface area (Å²) in [5.41, 5.74) is 1.68. The van der Waals surface area contributed by atoms with E-state index in [0.717, 1.165) is 68.7 Å². The van der Waals surface area contributed by atoms with Gasteiger partial charge in [0.1, 0.15) is 0 Å². The van der Waals surface area contributed by atoms with Crippen LogP contribution in [0.2, 0.25) is 0 Å². The summed E-state index contributed by atoms with van der Waals surface area (Å²) in [6.45, 7) is 2.68. The fraction of sp³-hybridized carbons (Fsp3) is 0.480. The van der Waals surface area contributed by atoms with Gasteiger partial charge < -0.3 is 4.74 Å². The number of unbranched alkanes of at least 4 members (excludes halogenated alkanes) is 4. The van der Waals surface area contributed by atoms with Gasteiger partial charge >= 0.3 is 126 Å². The number of aromatic hydroxyl groups is 1. The van der Waals surface area contributed by atoms with Crippen LogP contribution in [0.15, 0.2) is 47.4 Å². The molecule has 1 unspecified atom stereocenters. The van der Waals surface area contributed by atoms with Crippen LogP contribution in [0, 0.1) is 0 Å². The van der Waals surface area contributed by atoms with Gasteiger partial charge in [0, 0.05) is 6.61 Å². The third kappa shape index (κ3) is 11.7. The first-order valence-electron chi connectivity index (χ1n) is 11.9. The van der Waals surface area contributed by atoms with E-state index in [9.17, 15) is 23.4 Å². The van der Waals surface area contributed by atoms with E-state index in [4.69, 9.17) is 9.88 Å². The van der Waals surface area contributed by atoms with Gasteiger partial charge in [-0.2, -0.15) is 0 Å². The number of aliphatic hydroxyl groups is 1. The number of hydrogen-bond donors (Lipinski definition) is 4. The molecule has 10 heteroatoms. The number of carbonyl (C=O) groups is 1. The predicted octanol–water partition coefficient (Wildman–Crippen LogP) is 1.51.